The zero-order valence-electron chi connectivity index (χ0n) is 9.72. The van der Waals surface area contributed by atoms with Crippen molar-refractivity contribution in [2.45, 2.75) is 32.2 Å². The Labute approximate surface area is 105 Å². The molecule has 1 aliphatic rings. The summed E-state index contributed by atoms with van der Waals surface area (Å²) in [7, 11) is 0. The van der Waals surface area contributed by atoms with E-state index in [0.29, 0.717) is 0 Å². The van der Waals surface area contributed by atoms with E-state index in [2.05, 4.69) is 46.1 Å². The highest BCUT2D eigenvalue weighted by molar-refractivity contribution is 9.10. The van der Waals surface area contributed by atoms with Crippen LogP contribution in [0.4, 0.5) is 5.82 Å². The summed E-state index contributed by atoms with van der Waals surface area (Å²) in [6.07, 6.45) is 3.91. The number of hydrogen-bond acceptors (Lipinski definition) is 3. The first-order valence-electron chi connectivity index (χ1n) is 5.57. The molecule has 16 heavy (non-hydrogen) atoms. The molecule has 0 aromatic carbocycles. The van der Waals surface area contributed by atoms with Crippen molar-refractivity contribution in [3.05, 3.63) is 22.3 Å². The fourth-order valence-electron chi connectivity index (χ4n) is 1.86. The smallest absolute Gasteiger partial charge is 0.126 e. The quantitative estimate of drug-likeness (QED) is 0.906. The first-order valence-corrected chi connectivity index (χ1v) is 6.36. The number of aryl methyl sites for hydroxylation is 1. The SMILES string of the molecule is Cc1cc(NC2(C)CCOCC2)ncc1Br. The van der Waals surface area contributed by atoms with Crippen LogP contribution in [0, 0.1) is 6.92 Å². The molecule has 1 aliphatic heterocycles. The molecule has 1 aromatic heterocycles. The van der Waals surface area contributed by atoms with Gasteiger partial charge in [-0.1, -0.05) is 0 Å². The van der Waals surface area contributed by atoms with E-state index in [1.807, 2.05) is 6.20 Å². The summed E-state index contributed by atoms with van der Waals surface area (Å²) in [5.74, 6) is 0.949. The molecule has 4 heteroatoms. The van der Waals surface area contributed by atoms with Gasteiger partial charge < -0.3 is 10.1 Å². The summed E-state index contributed by atoms with van der Waals surface area (Å²) >= 11 is 3.46. The molecule has 0 atom stereocenters. The number of hydrogen-bond donors (Lipinski definition) is 1. The van der Waals surface area contributed by atoms with Gasteiger partial charge in [-0.2, -0.15) is 0 Å². The zero-order valence-corrected chi connectivity index (χ0v) is 11.3. The van der Waals surface area contributed by atoms with Crippen molar-refractivity contribution in [1.82, 2.24) is 4.98 Å². The largest absolute Gasteiger partial charge is 0.381 e. The van der Waals surface area contributed by atoms with Crippen LogP contribution in [0.25, 0.3) is 0 Å². The molecular formula is C12H17BrN2O. The first kappa shape index (κ1) is 11.9. The molecule has 2 rings (SSSR count). The van der Waals surface area contributed by atoms with Crippen molar-refractivity contribution in [3.63, 3.8) is 0 Å². The third-order valence-corrected chi connectivity index (χ3v) is 3.90. The first-order chi connectivity index (χ1) is 7.59. The second-order valence-corrected chi connectivity index (χ2v) is 5.47. The van der Waals surface area contributed by atoms with Gasteiger partial charge in [0, 0.05) is 29.4 Å². The highest BCUT2D eigenvalue weighted by atomic mass is 79.9. The van der Waals surface area contributed by atoms with Crippen molar-refractivity contribution in [1.29, 1.82) is 0 Å². The number of pyridine rings is 1. The fraction of sp³-hybridized carbons (Fsp3) is 0.583. The summed E-state index contributed by atoms with van der Waals surface area (Å²) in [4.78, 5) is 4.38. The van der Waals surface area contributed by atoms with Crippen LogP contribution in [-0.2, 0) is 4.74 Å². The predicted octanol–water partition coefficient (Wildman–Crippen LogP) is 3.13. The molecule has 1 aromatic rings. The monoisotopic (exact) mass is 284 g/mol. The molecule has 2 heterocycles. The predicted molar refractivity (Wildman–Crippen MR) is 68.8 cm³/mol. The minimum atomic E-state index is 0.117. The zero-order chi connectivity index (χ0) is 11.6. The number of ether oxygens (including phenoxy) is 1. The molecule has 0 aliphatic carbocycles. The average molecular weight is 285 g/mol. The Kier molecular flexibility index (Phi) is 3.50. The van der Waals surface area contributed by atoms with Gasteiger partial charge in [0.05, 0.1) is 0 Å². The Balaban J connectivity index is 2.10. The van der Waals surface area contributed by atoms with Crippen molar-refractivity contribution < 1.29 is 4.74 Å². The van der Waals surface area contributed by atoms with Crippen molar-refractivity contribution >= 4 is 21.7 Å². The van der Waals surface area contributed by atoms with Gasteiger partial charge in [0.15, 0.2) is 0 Å². The van der Waals surface area contributed by atoms with E-state index in [1.54, 1.807) is 0 Å². The Morgan fingerprint density at radius 2 is 2.12 bits per heavy atom. The number of anilines is 1. The van der Waals surface area contributed by atoms with Crippen molar-refractivity contribution in [3.8, 4) is 0 Å². The van der Waals surface area contributed by atoms with Crippen LogP contribution in [0.1, 0.15) is 25.3 Å². The standard InChI is InChI=1S/C12H17BrN2O/c1-9-7-11(14-8-10(9)13)15-12(2)3-5-16-6-4-12/h7-8H,3-6H2,1-2H3,(H,14,15). The van der Waals surface area contributed by atoms with Gasteiger partial charge in [-0.25, -0.2) is 4.98 Å². The van der Waals surface area contributed by atoms with E-state index in [9.17, 15) is 0 Å². The normalized spacial score (nSPS) is 19.4. The topological polar surface area (TPSA) is 34.1 Å². The van der Waals surface area contributed by atoms with Gasteiger partial charge in [0.2, 0.25) is 0 Å². The summed E-state index contributed by atoms with van der Waals surface area (Å²) in [5.41, 5.74) is 1.32. The molecule has 1 N–H and O–H groups in total. The Morgan fingerprint density at radius 1 is 1.44 bits per heavy atom. The molecule has 3 nitrogen and oxygen atoms in total. The van der Waals surface area contributed by atoms with Gasteiger partial charge in [-0.3, -0.25) is 0 Å². The minimum absolute atomic E-state index is 0.117. The molecule has 88 valence electrons. The number of aromatic nitrogens is 1. The van der Waals surface area contributed by atoms with Gasteiger partial charge in [-0.05, 0) is 54.2 Å². The highest BCUT2D eigenvalue weighted by Gasteiger charge is 2.27. The lowest BCUT2D eigenvalue weighted by atomic mass is 9.92. The van der Waals surface area contributed by atoms with E-state index in [1.165, 1.54) is 5.56 Å². The van der Waals surface area contributed by atoms with Crippen LogP contribution in [0.3, 0.4) is 0 Å². The maximum Gasteiger partial charge on any atom is 0.126 e. The van der Waals surface area contributed by atoms with E-state index in [-0.39, 0.29) is 5.54 Å². The van der Waals surface area contributed by atoms with Gasteiger partial charge in [0.25, 0.3) is 0 Å². The van der Waals surface area contributed by atoms with Gasteiger partial charge in [0.1, 0.15) is 5.82 Å². The third-order valence-electron chi connectivity index (χ3n) is 3.07. The maximum atomic E-state index is 5.38. The average Bonchev–Trinajstić information content (AvgIpc) is 2.24. The molecule has 1 fully saturated rings. The van der Waals surface area contributed by atoms with Crippen LogP contribution in [0.5, 0.6) is 0 Å². The highest BCUT2D eigenvalue weighted by Crippen LogP contribution is 2.26. The second-order valence-electron chi connectivity index (χ2n) is 4.62. The minimum Gasteiger partial charge on any atom is -0.381 e. The van der Waals surface area contributed by atoms with E-state index >= 15 is 0 Å². The molecule has 0 bridgehead atoms. The maximum absolute atomic E-state index is 5.38. The van der Waals surface area contributed by atoms with Gasteiger partial charge >= 0.3 is 0 Å². The summed E-state index contributed by atoms with van der Waals surface area (Å²) < 4.78 is 6.43. The third kappa shape index (κ3) is 2.74. The molecule has 0 unspecified atom stereocenters. The van der Waals surface area contributed by atoms with Gasteiger partial charge in [-0.15, -0.1) is 0 Å². The number of nitrogens with zero attached hydrogens (tertiary/aromatic N) is 1. The number of rotatable bonds is 2. The summed E-state index contributed by atoms with van der Waals surface area (Å²) in [6.45, 7) is 5.97. The summed E-state index contributed by atoms with van der Waals surface area (Å²) in [5, 5.41) is 3.51. The van der Waals surface area contributed by atoms with E-state index in [4.69, 9.17) is 4.74 Å². The molecule has 0 radical (unpaired) electrons. The van der Waals surface area contributed by atoms with Crippen LogP contribution >= 0.6 is 15.9 Å². The summed E-state index contributed by atoms with van der Waals surface area (Å²) in [6, 6.07) is 2.07. The number of nitrogens with one attached hydrogen (secondary N) is 1. The fourth-order valence-corrected chi connectivity index (χ4v) is 2.08. The molecule has 0 saturated carbocycles. The molecule has 0 amide bonds. The lowest BCUT2D eigenvalue weighted by molar-refractivity contribution is 0.0657. The number of halogens is 1. The molecular weight excluding hydrogens is 268 g/mol. The van der Waals surface area contributed by atoms with E-state index < -0.39 is 0 Å². The Bertz CT molecular complexity index is 375. The second kappa shape index (κ2) is 4.72. The molecule has 1 saturated heterocycles. The van der Waals surface area contributed by atoms with Crippen LogP contribution in [0.2, 0.25) is 0 Å². The lowest BCUT2D eigenvalue weighted by Crippen LogP contribution is -2.40. The van der Waals surface area contributed by atoms with Crippen LogP contribution in [0.15, 0.2) is 16.7 Å². The van der Waals surface area contributed by atoms with E-state index in [0.717, 1.165) is 36.3 Å². The lowest BCUT2D eigenvalue weighted by Gasteiger charge is -2.35. The Morgan fingerprint density at radius 3 is 2.75 bits per heavy atom. The molecule has 0 spiro atoms. The van der Waals surface area contributed by atoms with Crippen LogP contribution in [-0.4, -0.2) is 23.7 Å². The Hall–Kier alpha value is -0.610. The van der Waals surface area contributed by atoms with Crippen molar-refractivity contribution in [2.24, 2.45) is 0 Å². The van der Waals surface area contributed by atoms with Crippen LogP contribution < -0.4 is 5.32 Å². The van der Waals surface area contributed by atoms with Crippen molar-refractivity contribution in [2.75, 3.05) is 18.5 Å².